The molecule has 5 nitrogen and oxygen atoms in total. The molecule has 0 aliphatic rings. The Hall–Kier alpha value is -1.47. The van der Waals surface area contributed by atoms with Gasteiger partial charge >= 0.3 is 18.2 Å². The molecule has 0 saturated carbocycles. The first kappa shape index (κ1) is 18.5. The quantitative estimate of drug-likeness (QED) is 0.793. The first-order chi connectivity index (χ1) is 8.94. The second-order valence-corrected chi connectivity index (χ2v) is 5.23. The summed E-state index contributed by atoms with van der Waals surface area (Å²) in [5.41, 5.74) is -0.767. The van der Waals surface area contributed by atoms with E-state index in [2.05, 4.69) is 10.1 Å². The second kappa shape index (κ2) is 7.35. The Labute approximate surface area is 115 Å². The maximum atomic E-state index is 12.0. The number of hydrogen-bond donors (Lipinski definition) is 1. The molecule has 118 valence electrons. The first-order valence-corrected chi connectivity index (χ1v) is 6.08. The van der Waals surface area contributed by atoms with Gasteiger partial charge in [0.15, 0.2) is 0 Å². The Kier molecular flexibility index (Phi) is 6.81. The number of hydrogen-bond acceptors (Lipinski definition) is 4. The van der Waals surface area contributed by atoms with E-state index >= 15 is 0 Å². The van der Waals surface area contributed by atoms with E-state index < -0.39 is 36.3 Å². The van der Waals surface area contributed by atoms with Crippen molar-refractivity contribution in [2.75, 3.05) is 7.11 Å². The van der Waals surface area contributed by atoms with Crippen LogP contribution < -0.4 is 5.32 Å². The summed E-state index contributed by atoms with van der Waals surface area (Å²) in [6, 6.07) is -1.16. The minimum Gasteiger partial charge on any atom is -0.467 e. The normalized spacial score (nSPS) is 13.6. The molecule has 1 amide bonds. The third kappa shape index (κ3) is 9.46. The van der Waals surface area contributed by atoms with Gasteiger partial charge in [0.05, 0.1) is 7.11 Å². The summed E-state index contributed by atoms with van der Waals surface area (Å²) in [6.07, 6.45) is -6.67. The van der Waals surface area contributed by atoms with Gasteiger partial charge in [-0.3, -0.25) is 0 Å². The average molecular weight is 299 g/mol. The van der Waals surface area contributed by atoms with Crippen molar-refractivity contribution in [1.29, 1.82) is 0 Å². The van der Waals surface area contributed by atoms with Gasteiger partial charge in [-0.15, -0.1) is 0 Å². The summed E-state index contributed by atoms with van der Waals surface area (Å²) >= 11 is 0. The molecule has 0 aromatic rings. The number of alkyl carbamates (subject to hydrolysis) is 1. The minimum atomic E-state index is -4.30. The van der Waals surface area contributed by atoms with Crippen molar-refractivity contribution in [1.82, 2.24) is 5.32 Å². The molecule has 0 radical (unpaired) electrons. The zero-order valence-electron chi connectivity index (χ0n) is 12.0. The van der Waals surface area contributed by atoms with Gasteiger partial charge in [0, 0.05) is 6.42 Å². The molecule has 0 spiro atoms. The molecular weight excluding hydrogens is 279 g/mol. The fourth-order valence-corrected chi connectivity index (χ4v) is 1.35. The third-order valence-electron chi connectivity index (χ3n) is 2.13. The van der Waals surface area contributed by atoms with E-state index in [4.69, 9.17) is 4.74 Å². The lowest BCUT2D eigenvalue weighted by Gasteiger charge is -2.22. The average Bonchev–Trinajstić information content (AvgIpc) is 2.22. The molecule has 0 fully saturated rings. The topological polar surface area (TPSA) is 64.6 Å². The summed E-state index contributed by atoms with van der Waals surface area (Å²) < 4.78 is 45.5. The molecule has 0 aromatic carbocycles. The van der Waals surface area contributed by atoms with Gasteiger partial charge in [-0.1, -0.05) is 0 Å². The first-order valence-electron chi connectivity index (χ1n) is 6.08. The van der Waals surface area contributed by atoms with Crippen molar-refractivity contribution in [3.8, 4) is 0 Å². The van der Waals surface area contributed by atoms with Crippen molar-refractivity contribution < 1.29 is 32.2 Å². The molecule has 1 atom stereocenters. The standard InChI is InChI=1S/C12H20F3NO4/c1-11(2,3)20-10(18)16-8(9(17)19-4)6-5-7-12(13,14)15/h8H,5-7H2,1-4H3,(H,16,18)/t8-/m0/s1. The van der Waals surface area contributed by atoms with E-state index in [1.54, 1.807) is 20.8 Å². The molecule has 0 rings (SSSR count). The van der Waals surface area contributed by atoms with Crippen LogP contribution in [-0.4, -0.2) is 37.0 Å². The fraction of sp³-hybridized carbons (Fsp3) is 0.833. The highest BCUT2D eigenvalue weighted by atomic mass is 19.4. The van der Waals surface area contributed by atoms with Gasteiger partial charge in [-0.2, -0.15) is 13.2 Å². The van der Waals surface area contributed by atoms with Crippen molar-refractivity contribution in [3.63, 3.8) is 0 Å². The molecule has 0 aliphatic heterocycles. The van der Waals surface area contributed by atoms with Crippen LogP contribution in [0.4, 0.5) is 18.0 Å². The van der Waals surface area contributed by atoms with E-state index in [1.807, 2.05) is 0 Å². The molecule has 0 aromatic heterocycles. The number of ether oxygens (including phenoxy) is 2. The van der Waals surface area contributed by atoms with E-state index in [9.17, 15) is 22.8 Å². The van der Waals surface area contributed by atoms with Crippen LogP contribution in [-0.2, 0) is 14.3 Å². The molecule has 0 unspecified atom stereocenters. The highest BCUT2D eigenvalue weighted by molar-refractivity contribution is 5.81. The zero-order valence-corrected chi connectivity index (χ0v) is 12.0. The molecule has 20 heavy (non-hydrogen) atoms. The van der Waals surface area contributed by atoms with Crippen LogP contribution in [0, 0.1) is 0 Å². The molecule has 0 aliphatic carbocycles. The summed E-state index contributed by atoms with van der Waals surface area (Å²) in [5.74, 6) is -0.807. The van der Waals surface area contributed by atoms with Crippen LogP contribution in [0.25, 0.3) is 0 Å². The Balaban J connectivity index is 4.43. The summed E-state index contributed by atoms with van der Waals surface area (Å²) in [4.78, 5) is 22.9. The maximum absolute atomic E-state index is 12.0. The van der Waals surface area contributed by atoms with Crippen LogP contribution in [0.1, 0.15) is 40.0 Å². The lowest BCUT2D eigenvalue weighted by molar-refractivity contribution is -0.145. The van der Waals surface area contributed by atoms with Crippen molar-refractivity contribution >= 4 is 12.1 Å². The largest absolute Gasteiger partial charge is 0.467 e. The van der Waals surface area contributed by atoms with Crippen LogP contribution in [0.5, 0.6) is 0 Å². The predicted octanol–water partition coefficient (Wildman–Crippen LogP) is 2.79. The maximum Gasteiger partial charge on any atom is 0.408 e. The number of amides is 1. The number of nitrogens with one attached hydrogen (secondary N) is 1. The fourth-order valence-electron chi connectivity index (χ4n) is 1.35. The van der Waals surface area contributed by atoms with Gasteiger partial charge in [0.1, 0.15) is 11.6 Å². The van der Waals surface area contributed by atoms with Gasteiger partial charge in [-0.05, 0) is 33.6 Å². The molecule has 1 N–H and O–H groups in total. The van der Waals surface area contributed by atoms with E-state index in [0.29, 0.717) is 0 Å². The Morgan fingerprint density at radius 2 is 1.75 bits per heavy atom. The Bertz CT molecular complexity index is 337. The number of esters is 1. The molecule has 0 saturated heterocycles. The predicted molar refractivity (Wildman–Crippen MR) is 65.1 cm³/mol. The second-order valence-electron chi connectivity index (χ2n) is 5.23. The molecular formula is C12H20F3NO4. The smallest absolute Gasteiger partial charge is 0.408 e. The number of carbonyl (C=O) groups is 2. The number of methoxy groups -OCH3 is 1. The molecule has 0 heterocycles. The molecule has 0 bridgehead atoms. The van der Waals surface area contributed by atoms with Crippen LogP contribution in [0.15, 0.2) is 0 Å². The number of halogens is 3. The van der Waals surface area contributed by atoms with Crippen LogP contribution >= 0.6 is 0 Å². The number of alkyl halides is 3. The van der Waals surface area contributed by atoms with Gasteiger partial charge in [-0.25, -0.2) is 9.59 Å². The summed E-state index contributed by atoms with van der Waals surface area (Å²) in [7, 11) is 1.09. The Morgan fingerprint density at radius 1 is 1.20 bits per heavy atom. The molecule has 8 heteroatoms. The zero-order chi connectivity index (χ0) is 16.0. The van der Waals surface area contributed by atoms with E-state index in [-0.39, 0.29) is 12.8 Å². The summed E-state index contributed by atoms with van der Waals surface area (Å²) in [6.45, 7) is 4.89. The van der Waals surface area contributed by atoms with Crippen molar-refractivity contribution in [2.24, 2.45) is 0 Å². The lowest BCUT2D eigenvalue weighted by atomic mass is 10.1. The van der Waals surface area contributed by atoms with Crippen molar-refractivity contribution in [2.45, 2.75) is 57.9 Å². The minimum absolute atomic E-state index is 0.175. The van der Waals surface area contributed by atoms with Gasteiger partial charge < -0.3 is 14.8 Å². The van der Waals surface area contributed by atoms with Crippen molar-refractivity contribution in [3.05, 3.63) is 0 Å². The van der Waals surface area contributed by atoms with Gasteiger partial charge in [0.25, 0.3) is 0 Å². The van der Waals surface area contributed by atoms with E-state index in [0.717, 1.165) is 7.11 Å². The Morgan fingerprint density at radius 3 is 2.15 bits per heavy atom. The SMILES string of the molecule is COC(=O)[C@H](CCCC(F)(F)F)NC(=O)OC(C)(C)C. The highest BCUT2D eigenvalue weighted by Gasteiger charge is 2.29. The van der Waals surface area contributed by atoms with E-state index in [1.165, 1.54) is 0 Å². The highest BCUT2D eigenvalue weighted by Crippen LogP contribution is 2.22. The summed E-state index contributed by atoms with van der Waals surface area (Å²) in [5, 5.41) is 2.21. The van der Waals surface area contributed by atoms with Crippen LogP contribution in [0.2, 0.25) is 0 Å². The number of rotatable bonds is 5. The monoisotopic (exact) mass is 299 g/mol. The lowest BCUT2D eigenvalue weighted by Crippen LogP contribution is -2.44. The number of carbonyl (C=O) groups excluding carboxylic acids is 2. The van der Waals surface area contributed by atoms with Crippen LogP contribution in [0.3, 0.4) is 0 Å². The third-order valence-corrected chi connectivity index (χ3v) is 2.13. The van der Waals surface area contributed by atoms with Gasteiger partial charge in [0.2, 0.25) is 0 Å².